The van der Waals surface area contributed by atoms with E-state index in [1.54, 1.807) is 0 Å². The smallest absolute Gasteiger partial charge is 0.335 e. The van der Waals surface area contributed by atoms with Gasteiger partial charge in [-0.1, -0.05) is 12.8 Å². The molecule has 0 spiro atoms. The summed E-state index contributed by atoms with van der Waals surface area (Å²) in [6, 6.07) is 7.35. The van der Waals surface area contributed by atoms with Crippen LogP contribution >= 0.6 is 0 Å². The maximum absolute atomic E-state index is 12.0. The van der Waals surface area contributed by atoms with Gasteiger partial charge in [-0.25, -0.2) is 10.2 Å². The van der Waals surface area contributed by atoms with Crippen LogP contribution in [0.15, 0.2) is 29.4 Å². The van der Waals surface area contributed by atoms with Gasteiger partial charge in [-0.05, 0) is 62.4 Å². The molecule has 146 valence electrons. The van der Waals surface area contributed by atoms with Crippen molar-refractivity contribution in [2.45, 2.75) is 51.5 Å². The molecule has 0 atom stereocenters. The lowest BCUT2D eigenvalue weighted by Gasteiger charge is -2.15. The molecule has 3 rings (SSSR count). The first kappa shape index (κ1) is 19.2. The van der Waals surface area contributed by atoms with Gasteiger partial charge in [0.2, 0.25) is 0 Å². The Morgan fingerprint density at radius 3 is 2.44 bits per heavy atom. The van der Waals surface area contributed by atoms with Crippen LogP contribution in [-0.2, 0) is 4.79 Å². The van der Waals surface area contributed by atoms with Crippen LogP contribution in [0, 0.1) is 0 Å². The summed E-state index contributed by atoms with van der Waals surface area (Å²) in [5.74, 6) is 0.679. The number of hydrazone groups is 1. The molecule has 0 radical (unpaired) electrons. The molecule has 0 unspecified atom stereocenters. The molecule has 7 heteroatoms. The van der Waals surface area contributed by atoms with E-state index in [0.29, 0.717) is 11.5 Å². The number of hydrogen-bond donors (Lipinski definition) is 2. The van der Waals surface area contributed by atoms with Crippen molar-refractivity contribution < 1.29 is 14.3 Å². The van der Waals surface area contributed by atoms with E-state index in [9.17, 15) is 9.59 Å². The van der Waals surface area contributed by atoms with E-state index < -0.39 is 0 Å². The minimum Gasteiger partial charge on any atom is -0.484 e. The fourth-order valence-electron chi connectivity index (χ4n) is 3.48. The van der Waals surface area contributed by atoms with Gasteiger partial charge in [-0.2, -0.15) is 5.10 Å². The van der Waals surface area contributed by atoms with Crippen molar-refractivity contribution in [2.75, 3.05) is 19.7 Å². The number of carbonyl (C=O) groups is 2. The molecule has 1 saturated carbocycles. The van der Waals surface area contributed by atoms with Crippen LogP contribution in [0.2, 0.25) is 0 Å². The van der Waals surface area contributed by atoms with Crippen LogP contribution in [0.1, 0.15) is 51.0 Å². The van der Waals surface area contributed by atoms with Crippen LogP contribution in [0.3, 0.4) is 0 Å². The third kappa shape index (κ3) is 5.70. The molecule has 2 fully saturated rings. The molecule has 27 heavy (non-hydrogen) atoms. The van der Waals surface area contributed by atoms with Gasteiger partial charge >= 0.3 is 6.03 Å². The second-order valence-corrected chi connectivity index (χ2v) is 7.16. The second kappa shape index (κ2) is 9.39. The summed E-state index contributed by atoms with van der Waals surface area (Å²) in [6.45, 7) is 3.56. The lowest BCUT2D eigenvalue weighted by molar-refractivity contribution is -0.132. The summed E-state index contributed by atoms with van der Waals surface area (Å²) in [7, 11) is 0. The fraction of sp³-hybridized carbons (Fsp3) is 0.550. The Morgan fingerprint density at radius 1 is 1.11 bits per heavy atom. The first-order valence-electron chi connectivity index (χ1n) is 9.73. The number of carbonyl (C=O) groups excluding carboxylic acids is 2. The summed E-state index contributed by atoms with van der Waals surface area (Å²) in [5, 5.41) is 7.08. The van der Waals surface area contributed by atoms with E-state index in [4.69, 9.17) is 4.74 Å². The molecule has 3 amide bonds. The zero-order chi connectivity index (χ0) is 19.1. The highest BCUT2D eigenvalue weighted by Crippen LogP contribution is 2.17. The van der Waals surface area contributed by atoms with E-state index in [2.05, 4.69) is 15.8 Å². The van der Waals surface area contributed by atoms with Gasteiger partial charge in [0.1, 0.15) is 5.75 Å². The van der Waals surface area contributed by atoms with Crippen molar-refractivity contribution in [1.29, 1.82) is 0 Å². The summed E-state index contributed by atoms with van der Waals surface area (Å²) < 4.78 is 5.58. The van der Waals surface area contributed by atoms with Crippen molar-refractivity contribution in [3.05, 3.63) is 29.8 Å². The first-order valence-corrected chi connectivity index (χ1v) is 9.73. The third-order valence-corrected chi connectivity index (χ3v) is 5.11. The molecule has 0 bridgehead atoms. The Kier molecular flexibility index (Phi) is 6.68. The number of nitrogens with zero attached hydrogens (tertiary/aromatic N) is 2. The maximum Gasteiger partial charge on any atom is 0.335 e. The zero-order valence-corrected chi connectivity index (χ0v) is 15.9. The van der Waals surface area contributed by atoms with E-state index in [0.717, 1.165) is 44.3 Å². The molecule has 0 aromatic heterocycles. The SMILES string of the molecule is C/C(=N\NC(=O)NC1CCCC1)c1ccc(OCC(=O)N2CCCC2)cc1. The van der Waals surface area contributed by atoms with Gasteiger partial charge in [-0.15, -0.1) is 0 Å². The van der Waals surface area contributed by atoms with Crippen LogP contribution in [0.4, 0.5) is 4.79 Å². The van der Waals surface area contributed by atoms with E-state index in [1.165, 1.54) is 12.8 Å². The zero-order valence-electron chi connectivity index (χ0n) is 15.9. The average molecular weight is 372 g/mol. The third-order valence-electron chi connectivity index (χ3n) is 5.11. The van der Waals surface area contributed by atoms with E-state index >= 15 is 0 Å². The molecular weight excluding hydrogens is 344 g/mol. The number of likely N-dealkylation sites (tertiary alicyclic amines) is 1. The normalized spacial score (nSPS) is 17.8. The first-order chi connectivity index (χ1) is 13.1. The summed E-state index contributed by atoms with van der Waals surface area (Å²) in [6.07, 6.45) is 6.57. The Bertz CT molecular complexity index is 675. The minimum absolute atomic E-state index is 0.0341. The summed E-state index contributed by atoms with van der Waals surface area (Å²) >= 11 is 0. The van der Waals surface area contributed by atoms with Crippen LogP contribution in [0.25, 0.3) is 0 Å². The average Bonchev–Trinajstić information content (AvgIpc) is 3.38. The number of urea groups is 1. The van der Waals surface area contributed by atoms with Gasteiger partial charge in [-0.3, -0.25) is 4.79 Å². The molecule has 7 nitrogen and oxygen atoms in total. The second-order valence-electron chi connectivity index (χ2n) is 7.16. The highest BCUT2D eigenvalue weighted by atomic mass is 16.5. The molecule has 2 N–H and O–H groups in total. The highest BCUT2D eigenvalue weighted by molar-refractivity contribution is 5.99. The van der Waals surface area contributed by atoms with Crippen molar-refractivity contribution in [3.63, 3.8) is 0 Å². The van der Waals surface area contributed by atoms with Gasteiger partial charge < -0.3 is 15.0 Å². The van der Waals surface area contributed by atoms with Crippen molar-refractivity contribution in [3.8, 4) is 5.75 Å². The minimum atomic E-state index is -0.262. The fourth-order valence-corrected chi connectivity index (χ4v) is 3.48. The summed E-state index contributed by atoms with van der Waals surface area (Å²) in [5.41, 5.74) is 4.14. The van der Waals surface area contributed by atoms with E-state index in [1.807, 2.05) is 36.1 Å². The predicted molar refractivity (Wildman–Crippen MR) is 104 cm³/mol. The number of benzene rings is 1. The number of hydrogen-bond acceptors (Lipinski definition) is 4. The highest BCUT2D eigenvalue weighted by Gasteiger charge is 2.18. The number of ether oxygens (including phenoxy) is 1. The molecule has 1 aliphatic carbocycles. The topological polar surface area (TPSA) is 83.0 Å². The lowest BCUT2D eigenvalue weighted by atomic mass is 10.1. The Labute approximate surface area is 160 Å². The molecule has 2 aliphatic rings. The Hall–Kier alpha value is -2.57. The van der Waals surface area contributed by atoms with Gasteiger partial charge in [0.05, 0.1) is 5.71 Å². The molecule has 1 heterocycles. The number of rotatable bonds is 6. The van der Waals surface area contributed by atoms with Gasteiger partial charge in [0.25, 0.3) is 5.91 Å². The molecule has 1 saturated heterocycles. The van der Waals surface area contributed by atoms with Gasteiger partial charge in [0, 0.05) is 19.1 Å². The maximum atomic E-state index is 12.0. The molecule has 1 aromatic carbocycles. The quantitative estimate of drug-likeness (QED) is 0.595. The molecule has 1 aromatic rings. The summed E-state index contributed by atoms with van der Waals surface area (Å²) in [4.78, 5) is 25.7. The number of amides is 3. The molecular formula is C20H28N4O3. The predicted octanol–water partition coefficient (Wildman–Crippen LogP) is 2.65. The standard InChI is InChI=1S/C20H28N4O3/c1-15(22-23-20(26)21-17-6-2-3-7-17)16-8-10-18(11-9-16)27-14-19(25)24-12-4-5-13-24/h8-11,17H,2-7,12-14H2,1H3,(H2,21,23,26)/b22-15+. The van der Waals surface area contributed by atoms with E-state index in [-0.39, 0.29) is 24.6 Å². The Balaban J connectivity index is 1.45. The molecule has 1 aliphatic heterocycles. The lowest BCUT2D eigenvalue weighted by Crippen LogP contribution is -2.39. The monoisotopic (exact) mass is 372 g/mol. The van der Waals surface area contributed by atoms with Crippen LogP contribution in [0.5, 0.6) is 5.75 Å². The number of nitrogens with one attached hydrogen (secondary N) is 2. The van der Waals surface area contributed by atoms with Crippen LogP contribution in [-0.4, -0.2) is 48.3 Å². The van der Waals surface area contributed by atoms with Crippen molar-refractivity contribution in [2.24, 2.45) is 5.10 Å². The van der Waals surface area contributed by atoms with Crippen molar-refractivity contribution >= 4 is 17.6 Å². The van der Waals surface area contributed by atoms with Crippen molar-refractivity contribution in [1.82, 2.24) is 15.6 Å². The van der Waals surface area contributed by atoms with Gasteiger partial charge in [0.15, 0.2) is 6.61 Å². The largest absolute Gasteiger partial charge is 0.484 e. The van der Waals surface area contributed by atoms with Crippen LogP contribution < -0.4 is 15.5 Å². The Morgan fingerprint density at radius 2 is 1.78 bits per heavy atom.